The molecule has 18 heavy (non-hydrogen) atoms. The average Bonchev–Trinajstić information content (AvgIpc) is 2.41. The van der Waals surface area contributed by atoms with Crippen LogP contribution in [0.4, 0.5) is 0 Å². The van der Waals surface area contributed by atoms with E-state index in [2.05, 4.69) is 0 Å². The predicted molar refractivity (Wildman–Crippen MR) is 65.5 cm³/mol. The summed E-state index contributed by atoms with van der Waals surface area (Å²) in [5, 5.41) is 28.8. The van der Waals surface area contributed by atoms with Gasteiger partial charge in [0.15, 0.2) is 17.3 Å². The Bertz CT molecular complexity index is 563. The molecule has 0 amide bonds. The van der Waals surface area contributed by atoms with E-state index in [1.165, 1.54) is 18.2 Å². The molecule has 0 aromatic heterocycles. The molecule has 0 saturated carbocycles. The van der Waals surface area contributed by atoms with Crippen molar-refractivity contribution in [1.82, 2.24) is 0 Å². The number of rotatable bonds is 3. The van der Waals surface area contributed by atoms with Crippen molar-refractivity contribution in [1.29, 1.82) is 0 Å². The van der Waals surface area contributed by atoms with E-state index in [1.54, 1.807) is 30.3 Å². The first-order valence-corrected chi connectivity index (χ1v) is 5.39. The Hall–Kier alpha value is -2.33. The van der Waals surface area contributed by atoms with Gasteiger partial charge < -0.3 is 15.3 Å². The number of carbonyl (C=O) groups is 1. The molecule has 1 atom stereocenters. The van der Waals surface area contributed by atoms with Crippen molar-refractivity contribution in [3.05, 3.63) is 59.7 Å². The van der Waals surface area contributed by atoms with Crippen LogP contribution in [-0.2, 0) is 0 Å². The highest BCUT2D eigenvalue weighted by Gasteiger charge is 2.22. The monoisotopic (exact) mass is 244 g/mol. The molecule has 0 aliphatic heterocycles. The molecule has 2 aromatic carbocycles. The maximum absolute atomic E-state index is 12.0. The number of para-hydroxylation sites is 1. The maximum Gasteiger partial charge on any atom is 0.199 e. The Morgan fingerprint density at radius 2 is 1.61 bits per heavy atom. The fourth-order valence-electron chi connectivity index (χ4n) is 1.66. The lowest BCUT2D eigenvalue weighted by atomic mass is 9.99. The third-order valence-corrected chi connectivity index (χ3v) is 2.64. The SMILES string of the molecule is O=C(c1cccc(O)c1O)C(O)c1ccccc1. The van der Waals surface area contributed by atoms with E-state index in [1.807, 2.05) is 0 Å². The summed E-state index contributed by atoms with van der Waals surface area (Å²) in [4.78, 5) is 12.0. The molecule has 2 aromatic rings. The van der Waals surface area contributed by atoms with E-state index in [0.717, 1.165) is 0 Å². The summed E-state index contributed by atoms with van der Waals surface area (Å²) in [5.41, 5.74) is 0.330. The summed E-state index contributed by atoms with van der Waals surface area (Å²) >= 11 is 0. The molecule has 0 bridgehead atoms. The second-order valence-electron chi connectivity index (χ2n) is 3.85. The van der Waals surface area contributed by atoms with Crippen molar-refractivity contribution in [3.8, 4) is 11.5 Å². The van der Waals surface area contributed by atoms with Gasteiger partial charge in [-0.2, -0.15) is 0 Å². The normalized spacial score (nSPS) is 12.1. The number of ketones is 1. The van der Waals surface area contributed by atoms with Gasteiger partial charge in [0.2, 0.25) is 0 Å². The van der Waals surface area contributed by atoms with Crippen LogP contribution in [0.25, 0.3) is 0 Å². The van der Waals surface area contributed by atoms with Crippen molar-refractivity contribution in [3.63, 3.8) is 0 Å². The summed E-state index contributed by atoms with van der Waals surface area (Å²) in [6.45, 7) is 0. The molecule has 0 radical (unpaired) electrons. The Balaban J connectivity index is 2.35. The molecule has 0 saturated heterocycles. The minimum Gasteiger partial charge on any atom is -0.504 e. The average molecular weight is 244 g/mol. The van der Waals surface area contributed by atoms with Gasteiger partial charge in [-0.05, 0) is 17.7 Å². The molecular formula is C14H12O4. The van der Waals surface area contributed by atoms with Gasteiger partial charge in [0.1, 0.15) is 6.10 Å². The van der Waals surface area contributed by atoms with E-state index in [-0.39, 0.29) is 11.3 Å². The maximum atomic E-state index is 12.0. The molecule has 0 spiro atoms. The van der Waals surface area contributed by atoms with Crippen LogP contribution in [0.2, 0.25) is 0 Å². The fourth-order valence-corrected chi connectivity index (χ4v) is 1.66. The molecule has 1 unspecified atom stereocenters. The third kappa shape index (κ3) is 2.19. The molecule has 0 aliphatic rings. The number of Topliss-reactive ketones (excluding diaryl/α,β-unsaturated/α-hetero) is 1. The first-order valence-electron chi connectivity index (χ1n) is 5.39. The Kier molecular flexibility index (Phi) is 3.30. The third-order valence-electron chi connectivity index (χ3n) is 2.64. The van der Waals surface area contributed by atoms with E-state index >= 15 is 0 Å². The number of phenolic OH excluding ortho intramolecular Hbond substituents is 2. The van der Waals surface area contributed by atoms with Crippen LogP contribution in [0, 0.1) is 0 Å². The fraction of sp³-hybridized carbons (Fsp3) is 0.0714. The van der Waals surface area contributed by atoms with Gasteiger partial charge in [-0.1, -0.05) is 36.4 Å². The molecule has 3 N–H and O–H groups in total. The highest BCUT2D eigenvalue weighted by Crippen LogP contribution is 2.31. The van der Waals surface area contributed by atoms with Crippen LogP contribution in [-0.4, -0.2) is 21.1 Å². The Morgan fingerprint density at radius 3 is 2.28 bits per heavy atom. The van der Waals surface area contributed by atoms with Gasteiger partial charge in [-0.25, -0.2) is 0 Å². The van der Waals surface area contributed by atoms with E-state index in [9.17, 15) is 20.1 Å². The number of benzene rings is 2. The minimum absolute atomic E-state index is 0.105. The lowest BCUT2D eigenvalue weighted by Gasteiger charge is -2.11. The predicted octanol–water partition coefficient (Wildman–Crippen LogP) is 2.01. The van der Waals surface area contributed by atoms with Crippen molar-refractivity contribution < 1.29 is 20.1 Å². The van der Waals surface area contributed by atoms with Gasteiger partial charge in [0.05, 0.1) is 5.56 Å². The van der Waals surface area contributed by atoms with Crippen molar-refractivity contribution >= 4 is 5.78 Å². The lowest BCUT2D eigenvalue weighted by Crippen LogP contribution is -2.12. The van der Waals surface area contributed by atoms with Gasteiger partial charge in [0, 0.05) is 0 Å². The topological polar surface area (TPSA) is 77.8 Å². The summed E-state index contributed by atoms with van der Waals surface area (Å²) in [6, 6.07) is 12.4. The van der Waals surface area contributed by atoms with Crippen molar-refractivity contribution in [2.45, 2.75) is 6.10 Å². The number of phenols is 2. The van der Waals surface area contributed by atoms with E-state index in [4.69, 9.17) is 0 Å². The zero-order valence-electron chi connectivity index (χ0n) is 9.45. The Labute approximate surface area is 104 Å². The van der Waals surface area contributed by atoms with Crippen LogP contribution < -0.4 is 0 Å². The number of aliphatic hydroxyl groups is 1. The number of hydrogen-bond donors (Lipinski definition) is 3. The summed E-state index contributed by atoms with van der Waals surface area (Å²) in [7, 11) is 0. The number of aromatic hydroxyl groups is 2. The standard InChI is InChI=1S/C14H12O4/c15-11-8-4-7-10(13(11)17)14(18)12(16)9-5-2-1-3-6-9/h1-8,12,15-17H. The van der Waals surface area contributed by atoms with Crippen molar-refractivity contribution in [2.24, 2.45) is 0 Å². The molecule has 4 nitrogen and oxygen atoms in total. The molecule has 92 valence electrons. The van der Waals surface area contributed by atoms with E-state index in [0.29, 0.717) is 5.56 Å². The smallest absolute Gasteiger partial charge is 0.199 e. The summed E-state index contributed by atoms with van der Waals surface area (Å²) in [5.74, 6) is -1.56. The highest BCUT2D eigenvalue weighted by molar-refractivity contribution is 6.02. The quantitative estimate of drug-likeness (QED) is 0.570. The van der Waals surface area contributed by atoms with Crippen molar-refractivity contribution in [2.75, 3.05) is 0 Å². The highest BCUT2D eigenvalue weighted by atomic mass is 16.3. The number of aliphatic hydroxyl groups excluding tert-OH is 1. The zero-order valence-corrected chi connectivity index (χ0v) is 9.45. The first-order chi connectivity index (χ1) is 8.61. The number of carbonyl (C=O) groups excluding carboxylic acids is 1. The van der Waals surface area contributed by atoms with Gasteiger partial charge >= 0.3 is 0 Å². The van der Waals surface area contributed by atoms with Crippen LogP contribution in [0.15, 0.2) is 48.5 Å². The minimum atomic E-state index is -1.36. The molecule has 0 aliphatic carbocycles. The second-order valence-corrected chi connectivity index (χ2v) is 3.85. The summed E-state index contributed by atoms with van der Waals surface area (Å²) < 4.78 is 0. The number of hydrogen-bond acceptors (Lipinski definition) is 4. The molecule has 0 heterocycles. The summed E-state index contributed by atoms with van der Waals surface area (Å²) in [6.07, 6.45) is -1.36. The van der Waals surface area contributed by atoms with Crippen LogP contribution in [0.1, 0.15) is 22.0 Å². The second kappa shape index (κ2) is 4.89. The van der Waals surface area contributed by atoms with E-state index < -0.39 is 17.6 Å². The molecule has 0 fully saturated rings. The molecule has 4 heteroatoms. The first kappa shape index (κ1) is 12.1. The van der Waals surface area contributed by atoms with Crippen LogP contribution in [0.5, 0.6) is 11.5 Å². The van der Waals surface area contributed by atoms with Crippen LogP contribution >= 0.6 is 0 Å². The largest absolute Gasteiger partial charge is 0.504 e. The zero-order chi connectivity index (χ0) is 13.1. The van der Waals surface area contributed by atoms with Gasteiger partial charge in [-0.3, -0.25) is 4.79 Å². The van der Waals surface area contributed by atoms with Gasteiger partial charge in [0.25, 0.3) is 0 Å². The molecular weight excluding hydrogens is 232 g/mol. The Morgan fingerprint density at radius 1 is 0.944 bits per heavy atom. The molecule has 2 rings (SSSR count). The van der Waals surface area contributed by atoms with Crippen LogP contribution in [0.3, 0.4) is 0 Å². The van der Waals surface area contributed by atoms with Gasteiger partial charge in [-0.15, -0.1) is 0 Å². The lowest BCUT2D eigenvalue weighted by molar-refractivity contribution is 0.0744.